The van der Waals surface area contributed by atoms with Gasteiger partial charge in [0.15, 0.2) is 5.78 Å². The van der Waals surface area contributed by atoms with Crippen molar-refractivity contribution >= 4 is 15.9 Å². The molecule has 0 spiro atoms. The van der Waals surface area contributed by atoms with Gasteiger partial charge in [-0.1, -0.05) is 32.1 Å². The molecule has 0 aromatic rings. The van der Waals surface area contributed by atoms with Gasteiger partial charge in [0.25, 0.3) is 10.1 Å². The minimum absolute atomic E-state index is 0.0208. The van der Waals surface area contributed by atoms with Crippen LogP contribution in [0.15, 0.2) is 23.8 Å². The third kappa shape index (κ3) is 3.39. The molecular weight excluding hydrogens is 384 g/mol. The molecule has 6 unspecified atom stereocenters. The van der Waals surface area contributed by atoms with Gasteiger partial charge >= 0.3 is 0 Å². The molecule has 0 radical (unpaired) electrons. The van der Waals surface area contributed by atoms with E-state index in [9.17, 15) is 28.0 Å². The molecule has 8 heteroatoms. The molecule has 1 aliphatic heterocycles. The van der Waals surface area contributed by atoms with Gasteiger partial charge in [-0.25, -0.2) is 0 Å². The zero-order chi connectivity index (χ0) is 20.9. The summed E-state index contributed by atoms with van der Waals surface area (Å²) in [5, 5.41) is 20.6. The van der Waals surface area contributed by atoms with Crippen molar-refractivity contribution in [3.8, 4) is 0 Å². The number of carbonyl (C=O) groups is 1. The van der Waals surface area contributed by atoms with Crippen molar-refractivity contribution < 1.29 is 32.7 Å². The van der Waals surface area contributed by atoms with Gasteiger partial charge in [0, 0.05) is 11.0 Å². The average Bonchev–Trinajstić information content (AvgIpc) is 2.99. The SMILES string of the molecule is C=C1CCC2C(C)(CO)C(O)CCC2(C)C1CC=C1C(=O)COC1S(=O)(=O)O. The van der Waals surface area contributed by atoms with E-state index >= 15 is 0 Å². The van der Waals surface area contributed by atoms with Crippen molar-refractivity contribution in [3.05, 3.63) is 23.8 Å². The first-order chi connectivity index (χ1) is 12.9. The van der Waals surface area contributed by atoms with E-state index in [2.05, 4.69) is 13.5 Å². The molecule has 2 aliphatic carbocycles. The Labute approximate surface area is 166 Å². The fourth-order valence-corrected chi connectivity index (χ4v) is 6.58. The van der Waals surface area contributed by atoms with Gasteiger partial charge < -0.3 is 14.9 Å². The zero-order valence-electron chi connectivity index (χ0n) is 16.4. The van der Waals surface area contributed by atoms with E-state index in [-0.39, 0.29) is 36.0 Å². The van der Waals surface area contributed by atoms with Gasteiger partial charge in [-0.3, -0.25) is 9.35 Å². The largest absolute Gasteiger partial charge is 0.396 e. The highest BCUT2D eigenvalue weighted by molar-refractivity contribution is 7.86. The van der Waals surface area contributed by atoms with Crippen molar-refractivity contribution in [1.82, 2.24) is 0 Å². The third-order valence-corrected chi connectivity index (χ3v) is 8.41. The first kappa shape index (κ1) is 21.6. The third-order valence-electron chi connectivity index (χ3n) is 7.48. The molecule has 0 bridgehead atoms. The number of rotatable bonds is 4. The first-order valence-electron chi connectivity index (χ1n) is 9.73. The second-order valence-electron chi connectivity index (χ2n) is 9.00. The topological polar surface area (TPSA) is 121 Å². The Morgan fingerprint density at radius 3 is 2.61 bits per heavy atom. The van der Waals surface area contributed by atoms with Crippen molar-refractivity contribution in [1.29, 1.82) is 0 Å². The van der Waals surface area contributed by atoms with E-state index in [1.807, 2.05) is 6.92 Å². The van der Waals surface area contributed by atoms with Gasteiger partial charge in [-0.05, 0) is 49.4 Å². The Balaban J connectivity index is 1.93. The number of hydrogen-bond donors (Lipinski definition) is 3. The quantitative estimate of drug-likeness (QED) is 0.365. The molecule has 0 aromatic heterocycles. The summed E-state index contributed by atoms with van der Waals surface area (Å²) in [5.41, 5.74) is -1.47. The van der Waals surface area contributed by atoms with E-state index in [4.69, 9.17) is 4.74 Å². The predicted octanol–water partition coefficient (Wildman–Crippen LogP) is 1.86. The van der Waals surface area contributed by atoms with Crippen LogP contribution in [0.25, 0.3) is 0 Å². The fourth-order valence-electron chi connectivity index (χ4n) is 5.79. The second-order valence-corrected chi connectivity index (χ2v) is 10.5. The van der Waals surface area contributed by atoms with Crippen LogP contribution in [0.5, 0.6) is 0 Å². The van der Waals surface area contributed by atoms with Crippen LogP contribution in [0, 0.1) is 22.7 Å². The lowest BCUT2D eigenvalue weighted by molar-refractivity contribution is -0.151. The zero-order valence-corrected chi connectivity index (χ0v) is 17.2. The number of hydrogen-bond acceptors (Lipinski definition) is 6. The summed E-state index contributed by atoms with van der Waals surface area (Å²) in [6, 6.07) is 0. The Kier molecular flexibility index (Phi) is 5.66. The summed E-state index contributed by atoms with van der Waals surface area (Å²) in [4.78, 5) is 12.1. The number of allylic oxidation sites excluding steroid dienone is 2. The van der Waals surface area contributed by atoms with E-state index in [0.717, 1.165) is 24.8 Å². The van der Waals surface area contributed by atoms with Crippen LogP contribution >= 0.6 is 0 Å². The Hall–Kier alpha value is -1.06. The molecule has 3 rings (SSSR count). The summed E-state index contributed by atoms with van der Waals surface area (Å²) in [6.07, 6.45) is 4.30. The van der Waals surface area contributed by atoms with Gasteiger partial charge in [-0.15, -0.1) is 0 Å². The van der Waals surface area contributed by atoms with Gasteiger partial charge in [0.05, 0.1) is 12.7 Å². The molecule has 0 aromatic carbocycles. The summed E-state index contributed by atoms with van der Waals surface area (Å²) >= 11 is 0. The van der Waals surface area contributed by atoms with Crippen molar-refractivity contribution in [2.24, 2.45) is 22.7 Å². The number of aliphatic hydroxyl groups excluding tert-OH is 2. The lowest BCUT2D eigenvalue weighted by Gasteiger charge is -2.59. The predicted molar refractivity (Wildman–Crippen MR) is 103 cm³/mol. The summed E-state index contributed by atoms with van der Waals surface area (Å²) in [5.74, 6) is -0.381. The smallest absolute Gasteiger partial charge is 0.296 e. The average molecular weight is 415 g/mol. The van der Waals surface area contributed by atoms with E-state index in [1.165, 1.54) is 0 Å². The second kappa shape index (κ2) is 7.32. The van der Waals surface area contributed by atoms with Crippen LogP contribution in [0.4, 0.5) is 0 Å². The number of Topliss-reactive ketones (excluding diaryl/α,β-unsaturated/α-hetero) is 1. The molecule has 3 fully saturated rings. The minimum atomic E-state index is -4.52. The van der Waals surface area contributed by atoms with Gasteiger partial charge in [-0.2, -0.15) is 8.42 Å². The van der Waals surface area contributed by atoms with Crippen molar-refractivity contribution in [2.75, 3.05) is 13.2 Å². The number of ether oxygens (including phenoxy) is 1. The molecule has 6 atom stereocenters. The lowest BCUT2D eigenvalue weighted by atomic mass is 9.46. The maximum absolute atomic E-state index is 12.1. The minimum Gasteiger partial charge on any atom is -0.396 e. The molecule has 28 heavy (non-hydrogen) atoms. The van der Waals surface area contributed by atoms with Crippen LogP contribution in [-0.2, 0) is 19.6 Å². The van der Waals surface area contributed by atoms with Gasteiger partial charge in [0.1, 0.15) is 6.61 Å². The highest BCUT2D eigenvalue weighted by atomic mass is 32.2. The van der Waals surface area contributed by atoms with Crippen LogP contribution in [-0.4, -0.2) is 53.7 Å². The fraction of sp³-hybridized carbons (Fsp3) is 0.750. The van der Waals surface area contributed by atoms with E-state index in [1.54, 1.807) is 6.08 Å². The highest BCUT2D eigenvalue weighted by Crippen LogP contribution is 2.61. The van der Waals surface area contributed by atoms with E-state index < -0.39 is 32.9 Å². The number of ketones is 1. The monoisotopic (exact) mass is 414 g/mol. The van der Waals surface area contributed by atoms with Crippen LogP contribution in [0.3, 0.4) is 0 Å². The molecule has 1 saturated heterocycles. The van der Waals surface area contributed by atoms with Crippen molar-refractivity contribution in [3.63, 3.8) is 0 Å². The Bertz CT molecular complexity index is 801. The highest BCUT2D eigenvalue weighted by Gasteiger charge is 2.57. The van der Waals surface area contributed by atoms with Crippen LogP contribution < -0.4 is 0 Å². The summed E-state index contributed by atoms with van der Waals surface area (Å²) < 4.78 is 37.3. The van der Waals surface area contributed by atoms with Crippen LogP contribution in [0.2, 0.25) is 0 Å². The normalized spacial score (nSPS) is 43.4. The molecule has 158 valence electrons. The number of aliphatic hydroxyl groups is 2. The molecule has 0 amide bonds. The van der Waals surface area contributed by atoms with Gasteiger partial charge in [0.2, 0.25) is 5.44 Å². The Morgan fingerprint density at radius 2 is 2.00 bits per heavy atom. The lowest BCUT2D eigenvalue weighted by Crippen LogP contribution is -2.57. The number of fused-ring (bicyclic) bond motifs is 1. The Morgan fingerprint density at radius 1 is 1.32 bits per heavy atom. The summed E-state index contributed by atoms with van der Waals surface area (Å²) in [7, 11) is -4.52. The molecular formula is C20H30O7S. The maximum Gasteiger partial charge on any atom is 0.296 e. The molecule has 3 aliphatic rings. The first-order valence-corrected chi connectivity index (χ1v) is 11.2. The summed E-state index contributed by atoms with van der Waals surface area (Å²) in [6.45, 7) is 7.81. The molecule has 3 N–H and O–H groups in total. The van der Waals surface area contributed by atoms with E-state index in [0.29, 0.717) is 12.8 Å². The maximum atomic E-state index is 12.1. The molecule has 2 saturated carbocycles. The van der Waals surface area contributed by atoms with Crippen LogP contribution in [0.1, 0.15) is 46.0 Å². The molecule has 1 heterocycles. The number of carbonyl (C=O) groups excluding carboxylic acids is 1. The van der Waals surface area contributed by atoms with Crippen molar-refractivity contribution in [2.45, 2.75) is 57.5 Å². The standard InChI is InChI=1S/C20H30O7S/c1-12-4-7-16-19(2,9-8-17(23)20(16,3)11-21)14(12)6-5-13-15(22)10-27-18(13)28(24,25)26/h5,14,16-18,21,23H,1,4,6-11H2,2-3H3,(H,24,25,26). The molecule has 7 nitrogen and oxygen atoms in total.